The second-order valence-corrected chi connectivity index (χ2v) is 7.64. The fourth-order valence-electron chi connectivity index (χ4n) is 2.78. The summed E-state index contributed by atoms with van der Waals surface area (Å²) in [4.78, 5) is 12.7. The van der Waals surface area contributed by atoms with Crippen molar-refractivity contribution in [1.29, 1.82) is 0 Å². The van der Waals surface area contributed by atoms with E-state index in [-0.39, 0.29) is 5.41 Å². The van der Waals surface area contributed by atoms with Crippen molar-refractivity contribution in [2.24, 2.45) is 5.41 Å². The molecule has 0 aliphatic rings. The van der Waals surface area contributed by atoms with Gasteiger partial charge in [-0.15, -0.1) is 5.10 Å². The van der Waals surface area contributed by atoms with Gasteiger partial charge in [-0.2, -0.15) is 4.68 Å². The molecule has 3 heterocycles. The van der Waals surface area contributed by atoms with Crippen molar-refractivity contribution >= 4 is 28.5 Å². The fourth-order valence-corrected chi connectivity index (χ4v) is 2.78. The maximum Gasteiger partial charge on any atom is 0.228 e. The number of benzene rings is 1. The molecule has 1 aromatic carbocycles. The maximum absolute atomic E-state index is 6.15. The molecule has 144 valence electrons. The summed E-state index contributed by atoms with van der Waals surface area (Å²) in [6, 6.07) is 14.8. The Labute approximate surface area is 169 Å². The van der Waals surface area contributed by atoms with E-state index in [1.165, 1.54) is 0 Å². The number of aromatic nitrogens is 5. The number of pyridine rings is 1. The average Bonchev–Trinajstić information content (AvgIpc) is 3.02. The average molecular weight is 383 g/mol. The largest absolute Gasteiger partial charge is 0.382 e. The molecule has 0 aliphatic heterocycles. The van der Waals surface area contributed by atoms with Crippen molar-refractivity contribution in [3.8, 4) is 23.1 Å². The first-order chi connectivity index (χ1) is 13.9. The van der Waals surface area contributed by atoms with Gasteiger partial charge in [0.25, 0.3) is 0 Å². The first-order valence-electron chi connectivity index (χ1n) is 9.21. The molecule has 4 aromatic rings. The molecule has 0 atom stereocenters. The van der Waals surface area contributed by atoms with Gasteiger partial charge in [0.05, 0.1) is 5.52 Å². The second kappa shape index (κ2) is 7.24. The Hall–Kier alpha value is -3.92. The van der Waals surface area contributed by atoms with Crippen LogP contribution in [0.15, 0.2) is 55.0 Å². The van der Waals surface area contributed by atoms with Gasteiger partial charge in [-0.05, 0) is 62.2 Å². The number of hydrogen-bond donors (Lipinski definition) is 2. The van der Waals surface area contributed by atoms with Crippen LogP contribution in [0.4, 0.5) is 17.6 Å². The van der Waals surface area contributed by atoms with Crippen molar-refractivity contribution in [1.82, 2.24) is 24.7 Å². The lowest BCUT2D eigenvalue weighted by atomic mass is 9.99. The van der Waals surface area contributed by atoms with Gasteiger partial charge >= 0.3 is 0 Å². The summed E-state index contributed by atoms with van der Waals surface area (Å²) >= 11 is 0. The summed E-state index contributed by atoms with van der Waals surface area (Å²) in [5, 5.41) is 8.35. The molecule has 0 bridgehead atoms. The van der Waals surface area contributed by atoms with Gasteiger partial charge in [0, 0.05) is 35.4 Å². The van der Waals surface area contributed by atoms with E-state index in [0.29, 0.717) is 17.6 Å². The number of nitrogens with zero attached hydrogens (tertiary/aromatic N) is 5. The molecule has 0 amide bonds. The molecule has 0 radical (unpaired) electrons. The van der Waals surface area contributed by atoms with Crippen LogP contribution in [0.1, 0.15) is 20.8 Å². The van der Waals surface area contributed by atoms with E-state index < -0.39 is 0 Å². The summed E-state index contributed by atoms with van der Waals surface area (Å²) in [6.07, 6.45) is 5.10. The predicted octanol–water partition coefficient (Wildman–Crippen LogP) is 4.07. The van der Waals surface area contributed by atoms with Crippen molar-refractivity contribution < 1.29 is 0 Å². The number of nitrogen functional groups attached to an aromatic ring is 1. The molecule has 0 unspecified atom stereocenters. The van der Waals surface area contributed by atoms with Crippen LogP contribution in [-0.4, -0.2) is 24.7 Å². The SMILES string of the molecule is CC(C)(C)C#Cn1nc(N)c2cc(-c3ccnc(Nc4ncccn4)c3)ccc21. The van der Waals surface area contributed by atoms with Crippen LogP contribution in [0.5, 0.6) is 0 Å². The predicted molar refractivity (Wildman–Crippen MR) is 115 cm³/mol. The molecule has 3 N–H and O–H groups in total. The molecule has 0 saturated heterocycles. The van der Waals surface area contributed by atoms with Crippen LogP contribution >= 0.6 is 0 Å². The van der Waals surface area contributed by atoms with Crippen molar-refractivity contribution in [2.45, 2.75) is 20.8 Å². The van der Waals surface area contributed by atoms with E-state index >= 15 is 0 Å². The third-order valence-electron chi connectivity index (χ3n) is 4.14. The lowest BCUT2D eigenvalue weighted by molar-refractivity contribution is 0.569. The first-order valence-corrected chi connectivity index (χ1v) is 9.21. The number of nitrogens with one attached hydrogen (secondary N) is 1. The molecule has 4 rings (SSSR count). The van der Waals surface area contributed by atoms with Gasteiger partial charge in [0.1, 0.15) is 5.82 Å². The van der Waals surface area contributed by atoms with Crippen molar-refractivity contribution in [3.05, 3.63) is 55.0 Å². The molecule has 3 aromatic heterocycles. The Kier molecular flexibility index (Phi) is 4.61. The molecule has 7 heteroatoms. The quantitative estimate of drug-likeness (QED) is 0.518. The summed E-state index contributed by atoms with van der Waals surface area (Å²) in [5.74, 6) is 4.80. The van der Waals surface area contributed by atoms with Crippen molar-refractivity contribution in [3.63, 3.8) is 0 Å². The molecule has 0 fully saturated rings. The minimum Gasteiger partial charge on any atom is -0.382 e. The monoisotopic (exact) mass is 383 g/mol. The molecular formula is C22H21N7. The zero-order chi connectivity index (χ0) is 20.4. The van der Waals surface area contributed by atoms with Crippen LogP contribution in [0.25, 0.3) is 22.0 Å². The van der Waals surface area contributed by atoms with E-state index in [1.807, 2.05) is 30.3 Å². The number of rotatable bonds is 3. The van der Waals surface area contributed by atoms with E-state index in [2.05, 4.69) is 58.1 Å². The van der Waals surface area contributed by atoms with Gasteiger partial charge in [0.2, 0.25) is 5.95 Å². The number of fused-ring (bicyclic) bond motifs is 1. The highest BCUT2D eigenvalue weighted by molar-refractivity contribution is 5.93. The van der Waals surface area contributed by atoms with Crippen LogP contribution < -0.4 is 11.1 Å². The Morgan fingerprint density at radius 2 is 1.72 bits per heavy atom. The zero-order valence-electron chi connectivity index (χ0n) is 16.5. The van der Waals surface area contributed by atoms with Gasteiger partial charge in [-0.1, -0.05) is 12.0 Å². The van der Waals surface area contributed by atoms with Crippen molar-refractivity contribution in [2.75, 3.05) is 11.1 Å². The zero-order valence-corrected chi connectivity index (χ0v) is 16.5. The highest BCUT2D eigenvalue weighted by Gasteiger charge is 2.11. The van der Waals surface area contributed by atoms with Crippen LogP contribution in [-0.2, 0) is 0 Å². The topological polar surface area (TPSA) is 94.5 Å². The number of nitrogens with two attached hydrogens (primary N) is 1. The Morgan fingerprint density at radius 3 is 2.48 bits per heavy atom. The minimum absolute atomic E-state index is 0.115. The van der Waals surface area contributed by atoms with Gasteiger partial charge in [0.15, 0.2) is 5.82 Å². The van der Waals surface area contributed by atoms with E-state index in [9.17, 15) is 0 Å². The Morgan fingerprint density at radius 1 is 0.966 bits per heavy atom. The fraction of sp³-hybridized carbons (Fsp3) is 0.182. The third-order valence-corrected chi connectivity index (χ3v) is 4.14. The molecule has 29 heavy (non-hydrogen) atoms. The normalized spacial score (nSPS) is 11.1. The summed E-state index contributed by atoms with van der Waals surface area (Å²) in [6.45, 7) is 6.17. The van der Waals surface area contributed by atoms with Crippen LogP contribution in [0.3, 0.4) is 0 Å². The van der Waals surface area contributed by atoms with E-state index in [0.717, 1.165) is 22.0 Å². The second-order valence-electron chi connectivity index (χ2n) is 7.64. The van der Waals surface area contributed by atoms with E-state index in [4.69, 9.17) is 5.73 Å². The van der Waals surface area contributed by atoms with Gasteiger partial charge in [-0.25, -0.2) is 15.0 Å². The molecule has 0 spiro atoms. The molecule has 7 nitrogen and oxygen atoms in total. The highest BCUT2D eigenvalue weighted by atomic mass is 15.3. The standard InChI is InChI=1S/C22H21N7/c1-22(2,3)8-12-29-18-6-5-15(13-17(18)20(23)28-29)16-7-11-24-19(14-16)27-21-25-9-4-10-26-21/h4-7,9-11,13-14H,1-3H3,(H2,23,28)(H,24,25,26,27). The first kappa shape index (κ1) is 18.4. The minimum atomic E-state index is -0.115. The summed E-state index contributed by atoms with van der Waals surface area (Å²) in [5.41, 5.74) is 8.92. The third kappa shape index (κ3) is 4.17. The lowest BCUT2D eigenvalue weighted by Crippen LogP contribution is -2.02. The molecular weight excluding hydrogens is 362 g/mol. The number of hydrogen-bond acceptors (Lipinski definition) is 6. The van der Waals surface area contributed by atoms with E-state index in [1.54, 1.807) is 29.3 Å². The Balaban J connectivity index is 1.69. The van der Waals surface area contributed by atoms with Crippen LogP contribution in [0.2, 0.25) is 0 Å². The van der Waals surface area contributed by atoms with Crippen LogP contribution in [0, 0.1) is 17.4 Å². The highest BCUT2D eigenvalue weighted by Crippen LogP contribution is 2.28. The Bertz CT molecular complexity index is 1220. The summed E-state index contributed by atoms with van der Waals surface area (Å²) in [7, 11) is 0. The maximum atomic E-state index is 6.15. The van der Waals surface area contributed by atoms with Gasteiger partial charge in [-0.3, -0.25) is 0 Å². The lowest BCUT2D eigenvalue weighted by Gasteiger charge is -2.07. The number of anilines is 3. The smallest absolute Gasteiger partial charge is 0.228 e. The summed E-state index contributed by atoms with van der Waals surface area (Å²) < 4.78 is 1.64. The molecule has 0 aliphatic carbocycles. The van der Waals surface area contributed by atoms with Gasteiger partial charge < -0.3 is 11.1 Å². The molecule has 0 saturated carbocycles.